The number of rotatable bonds is 6. The highest BCUT2D eigenvalue weighted by Gasteiger charge is 2.30. The highest BCUT2D eigenvalue weighted by atomic mass is 32.2. The van der Waals surface area contributed by atoms with E-state index in [0.29, 0.717) is 0 Å². The molecule has 1 aliphatic heterocycles. The lowest BCUT2D eigenvalue weighted by Crippen LogP contribution is -3.27. The number of nitrogens with one attached hydrogen (secondary N) is 3. The molecule has 0 unspecified atom stereocenters. The molecular formula is C19H26FN3O2S+2. The number of benzene rings is 2. The lowest BCUT2D eigenvalue weighted by Gasteiger charge is -2.33. The fourth-order valence-electron chi connectivity index (χ4n) is 3.42. The van der Waals surface area contributed by atoms with Gasteiger partial charge in [-0.1, -0.05) is 30.3 Å². The molecule has 1 atom stereocenters. The first kappa shape index (κ1) is 19.0. The normalized spacial score (nSPS) is 22.1. The number of hydrogen-bond acceptors (Lipinski definition) is 2. The van der Waals surface area contributed by atoms with E-state index in [9.17, 15) is 12.8 Å². The minimum absolute atomic E-state index is 0.0396. The number of halogens is 1. The number of hydrogen-bond donors (Lipinski definition) is 3. The molecular weight excluding hydrogens is 353 g/mol. The van der Waals surface area contributed by atoms with E-state index < -0.39 is 10.0 Å². The first-order valence-electron chi connectivity index (χ1n) is 8.92. The van der Waals surface area contributed by atoms with Crippen molar-refractivity contribution in [2.75, 3.05) is 39.8 Å². The molecule has 140 valence electrons. The van der Waals surface area contributed by atoms with Crippen LogP contribution in [0.4, 0.5) is 4.39 Å². The van der Waals surface area contributed by atoms with Crippen molar-refractivity contribution in [1.82, 2.24) is 4.72 Å². The molecule has 0 aliphatic carbocycles. The van der Waals surface area contributed by atoms with E-state index >= 15 is 0 Å². The second kappa shape index (κ2) is 8.26. The van der Waals surface area contributed by atoms with E-state index in [2.05, 4.69) is 11.8 Å². The minimum atomic E-state index is -3.56. The summed E-state index contributed by atoms with van der Waals surface area (Å²) in [6, 6.07) is 14.7. The third kappa shape index (κ3) is 4.67. The van der Waals surface area contributed by atoms with Crippen molar-refractivity contribution >= 4 is 10.0 Å². The summed E-state index contributed by atoms with van der Waals surface area (Å²) in [4.78, 5) is 3.07. The molecule has 1 aliphatic rings. The van der Waals surface area contributed by atoms with E-state index in [1.165, 1.54) is 21.9 Å². The Labute approximate surface area is 154 Å². The van der Waals surface area contributed by atoms with Crippen LogP contribution in [0.2, 0.25) is 0 Å². The Morgan fingerprint density at radius 3 is 2.23 bits per heavy atom. The Morgan fingerprint density at radius 1 is 1.00 bits per heavy atom. The van der Waals surface area contributed by atoms with Gasteiger partial charge in [-0.2, -0.15) is 0 Å². The Hall–Kier alpha value is -1.80. The third-order valence-electron chi connectivity index (χ3n) is 5.04. The molecule has 0 aromatic heterocycles. The molecule has 0 spiro atoms. The summed E-state index contributed by atoms with van der Waals surface area (Å²) in [5.74, 6) is -0.282. The van der Waals surface area contributed by atoms with Crippen LogP contribution in [0.3, 0.4) is 0 Å². The predicted molar refractivity (Wildman–Crippen MR) is 98.1 cm³/mol. The average Bonchev–Trinajstić information content (AvgIpc) is 2.65. The standard InChI is InChI=1S/C19H24FN3O2S/c1-22-11-13-23(14-12-22)19(16-7-9-17(20)10-8-16)15-21-26(24,25)18-5-3-2-4-6-18/h2-10,19,21H,11-15H2,1H3/p+2/t19-/m1/s1. The van der Waals surface area contributed by atoms with Crippen LogP contribution in [0, 0.1) is 5.82 Å². The van der Waals surface area contributed by atoms with Gasteiger partial charge >= 0.3 is 0 Å². The van der Waals surface area contributed by atoms with Gasteiger partial charge in [0, 0.05) is 5.56 Å². The van der Waals surface area contributed by atoms with E-state index in [0.717, 1.165) is 31.7 Å². The molecule has 2 aromatic rings. The van der Waals surface area contributed by atoms with Crippen LogP contribution in [0.5, 0.6) is 0 Å². The topological polar surface area (TPSA) is 55.1 Å². The number of sulfonamides is 1. The molecule has 0 amide bonds. The monoisotopic (exact) mass is 379 g/mol. The molecule has 7 heteroatoms. The van der Waals surface area contributed by atoms with Gasteiger partial charge in [0.1, 0.15) is 38.0 Å². The van der Waals surface area contributed by atoms with Gasteiger partial charge in [-0.15, -0.1) is 0 Å². The van der Waals surface area contributed by atoms with Crippen LogP contribution in [0.1, 0.15) is 11.6 Å². The van der Waals surface area contributed by atoms with E-state index in [1.54, 1.807) is 42.5 Å². The van der Waals surface area contributed by atoms with Crippen LogP contribution >= 0.6 is 0 Å². The van der Waals surface area contributed by atoms with Crippen molar-refractivity contribution in [3.05, 3.63) is 66.0 Å². The van der Waals surface area contributed by atoms with Gasteiger partial charge in [0.05, 0.1) is 18.5 Å². The summed E-state index contributed by atoms with van der Waals surface area (Å²) in [6.07, 6.45) is 0. The lowest BCUT2D eigenvalue weighted by atomic mass is 10.0. The zero-order chi connectivity index (χ0) is 18.6. The fraction of sp³-hybridized carbons (Fsp3) is 0.368. The SMILES string of the molecule is C[NH+]1CC[NH+]([C@H](CNS(=O)(=O)c2ccccc2)c2ccc(F)cc2)CC1. The first-order chi connectivity index (χ1) is 12.5. The second-order valence-electron chi connectivity index (χ2n) is 6.88. The van der Waals surface area contributed by atoms with Crippen molar-refractivity contribution in [2.24, 2.45) is 0 Å². The van der Waals surface area contributed by atoms with Crippen LogP contribution in [0.25, 0.3) is 0 Å². The van der Waals surface area contributed by atoms with Gasteiger partial charge in [-0.25, -0.2) is 17.5 Å². The van der Waals surface area contributed by atoms with Gasteiger partial charge in [-0.05, 0) is 24.3 Å². The van der Waals surface area contributed by atoms with Gasteiger partial charge < -0.3 is 9.80 Å². The van der Waals surface area contributed by atoms with Crippen molar-refractivity contribution in [3.63, 3.8) is 0 Å². The van der Waals surface area contributed by atoms with Crippen LogP contribution in [0.15, 0.2) is 59.5 Å². The number of likely N-dealkylation sites (N-methyl/N-ethyl adjacent to an activating group) is 1. The summed E-state index contributed by atoms with van der Waals surface area (Å²) in [7, 11) is -1.40. The van der Waals surface area contributed by atoms with Crippen molar-refractivity contribution < 1.29 is 22.6 Å². The van der Waals surface area contributed by atoms with E-state index in [-0.39, 0.29) is 23.3 Å². The summed E-state index contributed by atoms with van der Waals surface area (Å²) in [6.45, 7) is 4.29. The molecule has 0 radical (unpaired) electrons. The minimum Gasteiger partial charge on any atom is -0.328 e. The zero-order valence-electron chi connectivity index (χ0n) is 14.9. The Kier molecular flexibility index (Phi) is 6.03. The summed E-state index contributed by atoms with van der Waals surface area (Å²) >= 11 is 0. The number of quaternary nitrogens is 2. The van der Waals surface area contributed by atoms with Crippen molar-refractivity contribution in [2.45, 2.75) is 10.9 Å². The van der Waals surface area contributed by atoms with Gasteiger partial charge in [-0.3, -0.25) is 0 Å². The first-order valence-corrected chi connectivity index (χ1v) is 10.4. The molecule has 26 heavy (non-hydrogen) atoms. The molecule has 1 saturated heterocycles. The highest BCUT2D eigenvalue weighted by molar-refractivity contribution is 7.89. The Balaban J connectivity index is 1.78. The van der Waals surface area contributed by atoms with Crippen molar-refractivity contribution in [3.8, 4) is 0 Å². The second-order valence-corrected chi connectivity index (χ2v) is 8.65. The molecule has 2 aromatic carbocycles. The molecule has 1 fully saturated rings. The molecule has 0 bridgehead atoms. The third-order valence-corrected chi connectivity index (χ3v) is 6.48. The molecule has 5 nitrogen and oxygen atoms in total. The molecule has 3 N–H and O–H groups in total. The Morgan fingerprint density at radius 2 is 1.62 bits per heavy atom. The average molecular weight is 380 g/mol. The maximum atomic E-state index is 13.3. The van der Waals surface area contributed by atoms with Crippen molar-refractivity contribution in [1.29, 1.82) is 0 Å². The maximum absolute atomic E-state index is 13.3. The van der Waals surface area contributed by atoms with Gasteiger partial charge in [0.15, 0.2) is 0 Å². The molecule has 0 saturated carbocycles. The Bertz CT molecular complexity index is 804. The van der Waals surface area contributed by atoms with E-state index in [1.807, 2.05) is 0 Å². The summed E-state index contributed by atoms with van der Waals surface area (Å²) in [5.41, 5.74) is 0.955. The zero-order valence-corrected chi connectivity index (χ0v) is 15.7. The van der Waals surface area contributed by atoms with Crippen LogP contribution in [-0.2, 0) is 10.0 Å². The highest BCUT2D eigenvalue weighted by Crippen LogP contribution is 2.13. The maximum Gasteiger partial charge on any atom is 0.240 e. The summed E-state index contributed by atoms with van der Waals surface area (Å²) < 4.78 is 41.2. The van der Waals surface area contributed by atoms with E-state index in [4.69, 9.17) is 0 Å². The smallest absolute Gasteiger partial charge is 0.240 e. The quantitative estimate of drug-likeness (QED) is 0.619. The largest absolute Gasteiger partial charge is 0.328 e. The molecule has 3 rings (SSSR count). The van der Waals surface area contributed by atoms with Crippen LogP contribution in [-0.4, -0.2) is 48.2 Å². The van der Waals surface area contributed by atoms with Crippen LogP contribution < -0.4 is 14.5 Å². The summed E-state index contributed by atoms with van der Waals surface area (Å²) in [5, 5.41) is 0. The number of piperazine rings is 1. The van der Waals surface area contributed by atoms with Gasteiger partial charge in [0.2, 0.25) is 10.0 Å². The van der Waals surface area contributed by atoms with Gasteiger partial charge in [0.25, 0.3) is 0 Å². The fourth-order valence-corrected chi connectivity index (χ4v) is 4.48. The molecule has 1 heterocycles. The lowest BCUT2D eigenvalue weighted by molar-refractivity contribution is -1.02. The predicted octanol–water partition coefficient (Wildman–Crippen LogP) is -0.741.